The van der Waals surface area contributed by atoms with Crippen molar-refractivity contribution < 1.29 is 9.18 Å². The molecule has 0 bridgehead atoms. The number of carbonyl (C=O) groups is 1. The molecule has 2 aromatic rings. The molecule has 0 spiro atoms. The first-order chi connectivity index (χ1) is 10.2. The van der Waals surface area contributed by atoms with Gasteiger partial charge < -0.3 is 5.32 Å². The third-order valence-electron chi connectivity index (χ3n) is 2.95. The van der Waals surface area contributed by atoms with Gasteiger partial charge in [0.25, 0.3) is 0 Å². The van der Waals surface area contributed by atoms with E-state index in [1.165, 1.54) is 6.07 Å². The summed E-state index contributed by atoms with van der Waals surface area (Å²) in [6.45, 7) is 1.97. The number of hydrogen-bond donors (Lipinski definition) is 1. The molecule has 4 heteroatoms. The van der Waals surface area contributed by atoms with Crippen molar-refractivity contribution in [3.8, 4) is 0 Å². The highest BCUT2D eigenvalue weighted by Gasteiger charge is 2.04. The van der Waals surface area contributed by atoms with Gasteiger partial charge in [0.05, 0.1) is 0 Å². The molecule has 1 N–H and O–H groups in total. The Morgan fingerprint density at radius 1 is 1.19 bits per heavy atom. The minimum Gasteiger partial charge on any atom is -0.326 e. The molecule has 2 nitrogen and oxygen atoms in total. The van der Waals surface area contributed by atoms with Gasteiger partial charge in [-0.2, -0.15) is 0 Å². The van der Waals surface area contributed by atoms with Crippen LogP contribution in [0.2, 0.25) is 0 Å². The van der Waals surface area contributed by atoms with E-state index in [0.29, 0.717) is 17.7 Å². The Morgan fingerprint density at radius 3 is 2.76 bits per heavy atom. The first kappa shape index (κ1) is 15.6. The lowest BCUT2D eigenvalue weighted by Gasteiger charge is -2.07. The van der Waals surface area contributed by atoms with Gasteiger partial charge in [-0.3, -0.25) is 4.79 Å². The number of anilines is 1. The van der Waals surface area contributed by atoms with E-state index < -0.39 is 0 Å². The summed E-state index contributed by atoms with van der Waals surface area (Å²) in [5.41, 5.74) is 1.47. The average molecular weight is 303 g/mol. The number of hydrogen-bond acceptors (Lipinski definition) is 2. The van der Waals surface area contributed by atoms with Crippen molar-refractivity contribution in [3.05, 3.63) is 59.9 Å². The molecule has 2 rings (SSSR count). The highest BCUT2D eigenvalue weighted by atomic mass is 32.2. The van der Waals surface area contributed by atoms with Crippen LogP contribution in [0, 0.1) is 5.82 Å². The van der Waals surface area contributed by atoms with E-state index >= 15 is 0 Å². The predicted molar refractivity (Wildman–Crippen MR) is 85.9 cm³/mol. The van der Waals surface area contributed by atoms with Crippen LogP contribution in [0.1, 0.15) is 25.3 Å². The third kappa shape index (κ3) is 4.90. The van der Waals surface area contributed by atoms with Crippen molar-refractivity contribution in [1.29, 1.82) is 0 Å². The third-order valence-corrected chi connectivity index (χ3v) is 3.99. The molecule has 0 fully saturated rings. The zero-order valence-electron chi connectivity index (χ0n) is 11.9. The molecule has 0 atom stereocenters. The van der Waals surface area contributed by atoms with Crippen LogP contribution >= 0.6 is 11.8 Å². The van der Waals surface area contributed by atoms with E-state index in [1.54, 1.807) is 23.9 Å². The Hall–Kier alpha value is -1.81. The Labute approximate surface area is 128 Å². The van der Waals surface area contributed by atoms with Crippen LogP contribution in [0.3, 0.4) is 0 Å². The highest BCUT2D eigenvalue weighted by Crippen LogP contribution is 2.26. The molecule has 110 valence electrons. The minimum absolute atomic E-state index is 0.0220. The molecule has 0 saturated carbocycles. The Kier molecular flexibility index (Phi) is 5.81. The SMILES string of the molecule is CCCC(=O)Nc1cccc(SCc2ccccc2F)c1. The number of amides is 1. The summed E-state index contributed by atoms with van der Waals surface area (Å²) in [5, 5.41) is 2.87. The topological polar surface area (TPSA) is 29.1 Å². The Bertz CT molecular complexity index is 615. The van der Waals surface area contributed by atoms with Gasteiger partial charge in [0, 0.05) is 22.8 Å². The van der Waals surface area contributed by atoms with Crippen LogP contribution in [0.15, 0.2) is 53.4 Å². The first-order valence-electron chi connectivity index (χ1n) is 6.95. The van der Waals surface area contributed by atoms with Crippen molar-refractivity contribution in [2.24, 2.45) is 0 Å². The zero-order chi connectivity index (χ0) is 15.1. The van der Waals surface area contributed by atoms with Gasteiger partial charge >= 0.3 is 0 Å². The second-order valence-corrected chi connectivity index (χ2v) is 5.75. The van der Waals surface area contributed by atoms with Gasteiger partial charge in [-0.25, -0.2) is 4.39 Å². The fraction of sp³-hybridized carbons (Fsp3) is 0.235. The number of halogens is 1. The summed E-state index contributed by atoms with van der Waals surface area (Å²) in [7, 11) is 0. The summed E-state index contributed by atoms with van der Waals surface area (Å²) in [5.74, 6) is 0.408. The van der Waals surface area contributed by atoms with Crippen LogP contribution in [0.25, 0.3) is 0 Å². The molecule has 0 unspecified atom stereocenters. The summed E-state index contributed by atoms with van der Waals surface area (Å²) in [6.07, 6.45) is 1.35. The molecule has 0 aliphatic heterocycles. The molecular weight excluding hydrogens is 285 g/mol. The van der Waals surface area contributed by atoms with Gasteiger partial charge in [0.1, 0.15) is 5.82 Å². The largest absolute Gasteiger partial charge is 0.326 e. The molecule has 1 amide bonds. The fourth-order valence-electron chi connectivity index (χ4n) is 1.89. The van der Waals surface area contributed by atoms with Gasteiger partial charge in [0.15, 0.2) is 0 Å². The quantitative estimate of drug-likeness (QED) is 0.772. The van der Waals surface area contributed by atoms with E-state index in [-0.39, 0.29) is 11.7 Å². The van der Waals surface area contributed by atoms with Crippen molar-refractivity contribution >= 4 is 23.4 Å². The molecule has 0 saturated heterocycles. The molecule has 21 heavy (non-hydrogen) atoms. The van der Waals surface area contributed by atoms with Crippen molar-refractivity contribution in [1.82, 2.24) is 0 Å². The molecule has 2 aromatic carbocycles. The Balaban J connectivity index is 1.98. The van der Waals surface area contributed by atoms with E-state index in [2.05, 4.69) is 5.32 Å². The zero-order valence-corrected chi connectivity index (χ0v) is 12.8. The second-order valence-electron chi connectivity index (χ2n) is 4.71. The summed E-state index contributed by atoms with van der Waals surface area (Å²) >= 11 is 1.55. The van der Waals surface area contributed by atoms with E-state index in [9.17, 15) is 9.18 Å². The van der Waals surface area contributed by atoms with E-state index in [1.807, 2.05) is 37.3 Å². The minimum atomic E-state index is -0.183. The second kappa shape index (κ2) is 7.84. The van der Waals surface area contributed by atoms with Crippen LogP contribution in [0.5, 0.6) is 0 Å². The van der Waals surface area contributed by atoms with Crippen LogP contribution < -0.4 is 5.32 Å². The smallest absolute Gasteiger partial charge is 0.224 e. The van der Waals surface area contributed by atoms with Crippen molar-refractivity contribution in [3.63, 3.8) is 0 Å². The summed E-state index contributed by atoms with van der Waals surface area (Å²) < 4.78 is 13.6. The predicted octanol–water partition coefficient (Wildman–Crippen LogP) is 4.86. The summed E-state index contributed by atoms with van der Waals surface area (Å²) in [6, 6.07) is 14.4. The molecule has 0 aliphatic carbocycles. The maximum atomic E-state index is 13.6. The van der Waals surface area contributed by atoms with Crippen LogP contribution in [-0.4, -0.2) is 5.91 Å². The van der Waals surface area contributed by atoms with Crippen LogP contribution in [0.4, 0.5) is 10.1 Å². The lowest BCUT2D eigenvalue weighted by molar-refractivity contribution is -0.116. The lowest BCUT2D eigenvalue weighted by atomic mass is 10.2. The van der Waals surface area contributed by atoms with Crippen LogP contribution in [-0.2, 0) is 10.5 Å². The van der Waals surface area contributed by atoms with Crippen molar-refractivity contribution in [2.45, 2.75) is 30.4 Å². The standard InChI is InChI=1S/C17H18FNOS/c1-2-6-17(20)19-14-8-5-9-15(11-14)21-12-13-7-3-4-10-16(13)18/h3-5,7-11H,2,6,12H2,1H3,(H,19,20). The Morgan fingerprint density at radius 2 is 2.00 bits per heavy atom. The molecule has 0 radical (unpaired) electrons. The molecular formula is C17H18FNOS. The maximum Gasteiger partial charge on any atom is 0.224 e. The number of benzene rings is 2. The molecule has 0 aliphatic rings. The number of nitrogens with one attached hydrogen (secondary N) is 1. The molecule has 0 aromatic heterocycles. The fourth-order valence-corrected chi connectivity index (χ4v) is 2.83. The number of thioether (sulfide) groups is 1. The number of rotatable bonds is 6. The monoisotopic (exact) mass is 303 g/mol. The van der Waals surface area contributed by atoms with Gasteiger partial charge in [-0.15, -0.1) is 11.8 Å². The number of carbonyl (C=O) groups excluding carboxylic acids is 1. The highest BCUT2D eigenvalue weighted by molar-refractivity contribution is 7.98. The molecule has 0 heterocycles. The normalized spacial score (nSPS) is 10.4. The average Bonchev–Trinajstić information content (AvgIpc) is 2.47. The van der Waals surface area contributed by atoms with Gasteiger partial charge in [0.2, 0.25) is 5.91 Å². The lowest BCUT2D eigenvalue weighted by Crippen LogP contribution is -2.10. The van der Waals surface area contributed by atoms with Crippen molar-refractivity contribution in [2.75, 3.05) is 5.32 Å². The first-order valence-corrected chi connectivity index (χ1v) is 7.93. The van der Waals surface area contributed by atoms with E-state index in [0.717, 1.165) is 17.0 Å². The van der Waals surface area contributed by atoms with Gasteiger partial charge in [-0.05, 0) is 36.2 Å². The summed E-state index contributed by atoms with van der Waals surface area (Å²) in [4.78, 5) is 12.6. The maximum absolute atomic E-state index is 13.6. The van der Waals surface area contributed by atoms with E-state index in [4.69, 9.17) is 0 Å². The van der Waals surface area contributed by atoms with Gasteiger partial charge in [-0.1, -0.05) is 31.2 Å².